The molecule has 106 valence electrons. The van der Waals surface area contributed by atoms with E-state index in [9.17, 15) is 9.59 Å². The van der Waals surface area contributed by atoms with E-state index in [0.717, 1.165) is 35.7 Å². The fourth-order valence-electron chi connectivity index (χ4n) is 3.52. The van der Waals surface area contributed by atoms with Gasteiger partial charge in [-0.2, -0.15) is 0 Å². The smallest absolute Gasteiger partial charge is 0.248 e. The number of imide groups is 1. The topological polar surface area (TPSA) is 49.4 Å². The van der Waals surface area contributed by atoms with Crippen molar-refractivity contribution in [3.05, 3.63) is 48.0 Å². The van der Waals surface area contributed by atoms with Crippen LogP contribution in [0.15, 0.2) is 42.5 Å². The summed E-state index contributed by atoms with van der Waals surface area (Å²) < 4.78 is 0. The third-order valence-electron chi connectivity index (χ3n) is 4.51. The molecule has 0 saturated carbocycles. The van der Waals surface area contributed by atoms with Gasteiger partial charge in [0.15, 0.2) is 0 Å². The van der Waals surface area contributed by atoms with E-state index in [-0.39, 0.29) is 23.9 Å². The molecular weight excluding hydrogens is 264 g/mol. The molecule has 4 nitrogen and oxygen atoms in total. The van der Waals surface area contributed by atoms with Gasteiger partial charge in [-0.05, 0) is 35.2 Å². The Morgan fingerprint density at radius 2 is 1.81 bits per heavy atom. The van der Waals surface area contributed by atoms with E-state index in [1.165, 1.54) is 0 Å². The minimum Gasteiger partial charge on any atom is -0.293 e. The minimum absolute atomic E-state index is 0.144. The van der Waals surface area contributed by atoms with Gasteiger partial charge in [0.2, 0.25) is 11.8 Å². The number of benzene rings is 2. The number of amides is 2. The lowest BCUT2D eigenvalue weighted by Gasteiger charge is -2.35. The van der Waals surface area contributed by atoms with Crippen LogP contribution in [0.3, 0.4) is 0 Å². The third kappa shape index (κ3) is 1.94. The summed E-state index contributed by atoms with van der Waals surface area (Å²) in [6.45, 7) is 0.807. The van der Waals surface area contributed by atoms with Crippen molar-refractivity contribution in [3.63, 3.8) is 0 Å². The first-order chi connectivity index (χ1) is 10.2. The first-order valence-electron chi connectivity index (χ1n) is 7.33. The standard InChI is InChI=1S/C17H16N2O2/c20-16-14-6-3-9-19(14)15(17(21)18-16)13-8-7-11-4-1-2-5-12(11)10-13/h1-2,4-5,7-8,10,14-15H,3,6,9H2,(H,18,20,21)/t14-,15-/m0/s1. The number of carbonyl (C=O) groups is 2. The van der Waals surface area contributed by atoms with Crippen molar-refractivity contribution in [2.24, 2.45) is 0 Å². The van der Waals surface area contributed by atoms with Crippen LogP contribution in [0, 0.1) is 0 Å². The Bertz CT molecular complexity index is 740. The Hall–Kier alpha value is -2.20. The summed E-state index contributed by atoms with van der Waals surface area (Å²) in [6, 6.07) is 13.7. The van der Waals surface area contributed by atoms with Crippen LogP contribution in [-0.4, -0.2) is 29.3 Å². The van der Waals surface area contributed by atoms with E-state index in [1.807, 2.05) is 35.2 Å². The van der Waals surface area contributed by atoms with Crippen LogP contribution in [0.25, 0.3) is 10.8 Å². The van der Waals surface area contributed by atoms with Gasteiger partial charge in [-0.15, -0.1) is 0 Å². The molecule has 2 aliphatic heterocycles. The number of nitrogens with zero attached hydrogens (tertiary/aromatic N) is 1. The lowest BCUT2D eigenvalue weighted by molar-refractivity contribution is -0.143. The maximum atomic E-state index is 12.3. The molecule has 0 unspecified atom stereocenters. The molecule has 0 aliphatic carbocycles. The molecule has 0 bridgehead atoms. The Balaban J connectivity index is 1.79. The number of hydrogen-bond donors (Lipinski definition) is 1. The summed E-state index contributed by atoms with van der Waals surface area (Å²) in [7, 11) is 0. The lowest BCUT2D eigenvalue weighted by Crippen LogP contribution is -2.56. The Labute approximate surface area is 122 Å². The second kappa shape index (κ2) is 4.67. The predicted octanol–water partition coefficient (Wildman–Crippen LogP) is 2.00. The van der Waals surface area contributed by atoms with Gasteiger partial charge < -0.3 is 0 Å². The summed E-state index contributed by atoms with van der Waals surface area (Å²) in [6.07, 6.45) is 1.80. The van der Waals surface area contributed by atoms with Crippen molar-refractivity contribution in [1.82, 2.24) is 10.2 Å². The van der Waals surface area contributed by atoms with Crippen molar-refractivity contribution in [1.29, 1.82) is 0 Å². The number of rotatable bonds is 1. The van der Waals surface area contributed by atoms with Crippen molar-refractivity contribution in [2.45, 2.75) is 24.9 Å². The number of piperazine rings is 1. The molecule has 4 heteroatoms. The Kier molecular flexibility index (Phi) is 2.79. The molecule has 2 heterocycles. The molecule has 21 heavy (non-hydrogen) atoms. The predicted molar refractivity (Wildman–Crippen MR) is 79.6 cm³/mol. The van der Waals surface area contributed by atoms with Gasteiger partial charge in [-0.3, -0.25) is 19.8 Å². The van der Waals surface area contributed by atoms with Gasteiger partial charge in [-0.25, -0.2) is 0 Å². The molecule has 2 aliphatic rings. The van der Waals surface area contributed by atoms with Crippen LogP contribution in [0.4, 0.5) is 0 Å². The monoisotopic (exact) mass is 280 g/mol. The SMILES string of the molecule is O=C1NC(=O)[C@@H]2CCCN2[C@H]1c1ccc2ccccc2c1. The molecule has 2 aromatic carbocycles. The first-order valence-corrected chi connectivity index (χ1v) is 7.33. The fraction of sp³-hybridized carbons (Fsp3) is 0.294. The van der Waals surface area contributed by atoms with E-state index in [4.69, 9.17) is 0 Å². The molecule has 2 fully saturated rings. The number of carbonyl (C=O) groups excluding carboxylic acids is 2. The van der Waals surface area contributed by atoms with Gasteiger partial charge in [0.25, 0.3) is 0 Å². The van der Waals surface area contributed by atoms with Gasteiger partial charge >= 0.3 is 0 Å². The first kappa shape index (κ1) is 12.5. The van der Waals surface area contributed by atoms with Gasteiger partial charge in [0, 0.05) is 6.54 Å². The molecular formula is C17H16N2O2. The van der Waals surface area contributed by atoms with E-state index in [0.29, 0.717) is 0 Å². The van der Waals surface area contributed by atoms with Crippen LogP contribution in [-0.2, 0) is 9.59 Å². The summed E-state index contributed by atoms with van der Waals surface area (Å²) in [5.41, 5.74) is 0.964. The summed E-state index contributed by atoms with van der Waals surface area (Å²) in [5, 5.41) is 4.81. The Morgan fingerprint density at radius 1 is 1.00 bits per heavy atom. The van der Waals surface area contributed by atoms with Gasteiger partial charge in [0.1, 0.15) is 6.04 Å². The van der Waals surface area contributed by atoms with Crippen molar-refractivity contribution >= 4 is 22.6 Å². The van der Waals surface area contributed by atoms with Crippen LogP contribution in [0.2, 0.25) is 0 Å². The van der Waals surface area contributed by atoms with E-state index in [2.05, 4.69) is 17.4 Å². The average molecular weight is 280 g/mol. The molecule has 2 saturated heterocycles. The quantitative estimate of drug-likeness (QED) is 0.813. The molecule has 2 amide bonds. The zero-order chi connectivity index (χ0) is 14.4. The van der Waals surface area contributed by atoms with Crippen LogP contribution < -0.4 is 5.32 Å². The lowest BCUT2D eigenvalue weighted by atomic mass is 9.97. The van der Waals surface area contributed by atoms with Crippen LogP contribution in [0.5, 0.6) is 0 Å². The number of fused-ring (bicyclic) bond motifs is 2. The molecule has 2 atom stereocenters. The van der Waals surface area contributed by atoms with Crippen molar-refractivity contribution in [2.75, 3.05) is 6.54 Å². The molecule has 0 aromatic heterocycles. The summed E-state index contributed by atoms with van der Waals surface area (Å²) >= 11 is 0. The number of nitrogens with one attached hydrogen (secondary N) is 1. The van der Waals surface area contributed by atoms with Crippen molar-refractivity contribution < 1.29 is 9.59 Å². The highest BCUT2D eigenvalue weighted by atomic mass is 16.2. The molecule has 1 N–H and O–H groups in total. The van der Waals surface area contributed by atoms with E-state index < -0.39 is 0 Å². The largest absolute Gasteiger partial charge is 0.293 e. The van der Waals surface area contributed by atoms with Crippen LogP contribution >= 0.6 is 0 Å². The van der Waals surface area contributed by atoms with Crippen molar-refractivity contribution in [3.8, 4) is 0 Å². The highest BCUT2D eigenvalue weighted by Gasteiger charge is 2.44. The molecule has 4 rings (SSSR count). The maximum Gasteiger partial charge on any atom is 0.248 e. The Morgan fingerprint density at radius 3 is 2.67 bits per heavy atom. The summed E-state index contributed by atoms with van der Waals surface area (Å²) in [5.74, 6) is -0.344. The second-order valence-corrected chi connectivity index (χ2v) is 5.76. The number of hydrogen-bond acceptors (Lipinski definition) is 3. The zero-order valence-electron chi connectivity index (χ0n) is 11.6. The van der Waals surface area contributed by atoms with Gasteiger partial charge in [-0.1, -0.05) is 36.4 Å². The highest BCUT2D eigenvalue weighted by molar-refractivity contribution is 6.03. The highest BCUT2D eigenvalue weighted by Crippen LogP contribution is 2.33. The van der Waals surface area contributed by atoms with E-state index in [1.54, 1.807) is 0 Å². The molecule has 0 radical (unpaired) electrons. The minimum atomic E-state index is -0.347. The third-order valence-corrected chi connectivity index (χ3v) is 4.51. The second-order valence-electron chi connectivity index (χ2n) is 5.76. The normalized spacial score (nSPS) is 25.9. The van der Waals surface area contributed by atoms with Crippen LogP contribution in [0.1, 0.15) is 24.4 Å². The zero-order valence-corrected chi connectivity index (χ0v) is 11.6. The van der Waals surface area contributed by atoms with Gasteiger partial charge in [0.05, 0.1) is 6.04 Å². The molecule has 2 aromatic rings. The maximum absolute atomic E-state index is 12.3. The summed E-state index contributed by atoms with van der Waals surface area (Å²) in [4.78, 5) is 26.3. The fourth-order valence-corrected chi connectivity index (χ4v) is 3.52. The molecule has 0 spiro atoms. The average Bonchev–Trinajstić information content (AvgIpc) is 2.97. The van der Waals surface area contributed by atoms with E-state index >= 15 is 0 Å².